The number of benzene rings is 1. The maximum absolute atomic E-state index is 12.3. The summed E-state index contributed by atoms with van der Waals surface area (Å²) in [6, 6.07) is 4.88. The third-order valence-electron chi connectivity index (χ3n) is 3.64. The Morgan fingerprint density at radius 3 is 2.91 bits per heavy atom. The zero-order valence-corrected chi connectivity index (χ0v) is 14.1. The van der Waals surface area contributed by atoms with Crippen LogP contribution < -0.4 is 9.47 Å². The first kappa shape index (κ1) is 16.3. The number of esters is 1. The van der Waals surface area contributed by atoms with E-state index >= 15 is 0 Å². The topological polar surface area (TPSA) is 65.1 Å². The van der Waals surface area contributed by atoms with Crippen LogP contribution in [0.4, 0.5) is 0 Å². The molecule has 1 aromatic rings. The van der Waals surface area contributed by atoms with Gasteiger partial charge in [0.25, 0.3) is 0 Å². The molecule has 1 aromatic carbocycles. The van der Waals surface area contributed by atoms with Crippen LogP contribution in [-0.4, -0.2) is 47.9 Å². The fourth-order valence-corrected chi connectivity index (χ4v) is 4.19. The number of amides is 1. The molecule has 2 atom stereocenters. The van der Waals surface area contributed by atoms with E-state index in [-0.39, 0.29) is 30.6 Å². The Morgan fingerprint density at radius 1 is 1.39 bits per heavy atom. The van der Waals surface area contributed by atoms with Crippen molar-refractivity contribution < 1.29 is 23.8 Å². The van der Waals surface area contributed by atoms with E-state index in [1.54, 1.807) is 13.0 Å². The fourth-order valence-electron chi connectivity index (χ4n) is 2.62. The first-order valence-electron chi connectivity index (χ1n) is 7.20. The second-order valence-electron chi connectivity index (χ2n) is 5.00. The van der Waals surface area contributed by atoms with Crippen LogP contribution in [0.3, 0.4) is 0 Å². The van der Waals surface area contributed by atoms with Crippen LogP contribution in [-0.2, 0) is 14.3 Å². The van der Waals surface area contributed by atoms with Crippen molar-refractivity contribution in [3.05, 3.63) is 23.8 Å². The maximum atomic E-state index is 12.3. The highest BCUT2D eigenvalue weighted by Gasteiger charge is 2.43. The van der Waals surface area contributed by atoms with Crippen LogP contribution in [0.5, 0.6) is 11.5 Å². The van der Waals surface area contributed by atoms with Crippen molar-refractivity contribution in [3.63, 3.8) is 0 Å². The highest BCUT2D eigenvalue weighted by atomic mass is 35.5. The molecule has 0 saturated carbocycles. The highest BCUT2D eigenvalue weighted by Crippen LogP contribution is 2.44. The number of hydrogen-bond acceptors (Lipinski definition) is 6. The second kappa shape index (κ2) is 6.88. The van der Waals surface area contributed by atoms with Gasteiger partial charge in [-0.15, -0.1) is 23.4 Å². The molecule has 0 spiro atoms. The molecule has 0 aromatic heterocycles. The number of rotatable bonds is 4. The molecule has 2 heterocycles. The summed E-state index contributed by atoms with van der Waals surface area (Å²) in [5.74, 6) is 0.909. The monoisotopic (exact) mass is 357 g/mol. The summed E-state index contributed by atoms with van der Waals surface area (Å²) in [6.45, 7) is 2.20. The van der Waals surface area contributed by atoms with Crippen LogP contribution in [0.15, 0.2) is 18.2 Å². The zero-order valence-electron chi connectivity index (χ0n) is 12.5. The van der Waals surface area contributed by atoms with Gasteiger partial charge in [-0.2, -0.15) is 0 Å². The Kier molecular flexibility index (Phi) is 4.87. The lowest BCUT2D eigenvalue weighted by atomic mass is 10.1. The fraction of sp³-hybridized carbons (Fsp3) is 0.467. The minimum Gasteiger partial charge on any atom is -0.464 e. The van der Waals surface area contributed by atoms with Gasteiger partial charge >= 0.3 is 5.97 Å². The molecule has 0 N–H and O–H groups in total. The zero-order chi connectivity index (χ0) is 16.4. The van der Waals surface area contributed by atoms with Crippen LogP contribution in [0.1, 0.15) is 17.9 Å². The summed E-state index contributed by atoms with van der Waals surface area (Å²) in [5, 5.41) is -0.301. The quantitative estimate of drug-likeness (QED) is 0.607. The molecule has 2 aliphatic rings. The summed E-state index contributed by atoms with van der Waals surface area (Å²) in [4.78, 5) is 25.9. The number of hydrogen-bond donors (Lipinski definition) is 0. The first-order valence-corrected chi connectivity index (χ1v) is 8.79. The van der Waals surface area contributed by atoms with Gasteiger partial charge in [-0.25, -0.2) is 4.79 Å². The number of carbonyl (C=O) groups excluding carboxylic acids is 2. The van der Waals surface area contributed by atoms with Gasteiger partial charge in [0.05, 0.1) is 6.61 Å². The molecular weight excluding hydrogens is 342 g/mol. The van der Waals surface area contributed by atoms with Gasteiger partial charge in [-0.3, -0.25) is 4.79 Å². The number of halogens is 1. The minimum absolute atomic E-state index is 0.183. The van der Waals surface area contributed by atoms with Gasteiger partial charge in [0.1, 0.15) is 17.3 Å². The van der Waals surface area contributed by atoms with Crippen LogP contribution >= 0.6 is 23.4 Å². The molecule has 1 saturated heterocycles. The lowest BCUT2D eigenvalue weighted by Gasteiger charge is -2.28. The number of ether oxygens (including phenoxy) is 3. The van der Waals surface area contributed by atoms with Crippen molar-refractivity contribution >= 4 is 35.2 Å². The molecule has 8 heteroatoms. The molecule has 23 heavy (non-hydrogen) atoms. The van der Waals surface area contributed by atoms with Crippen molar-refractivity contribution in [1.82, 2.24) is 4.90 Å². The third kappa shape index (κ3) is 3.07. The number of alkyl halides is 1. The van der Waals surface area contributed by atoms with E-state index in [9.17, 15) is 9.59 Å². The summed E-state index contributed by atoms with van der Waals surface area (Å²) >= 11 is 7.23. The largest absolute Gasteiger partial charge is 0.464 e. The van der Waals surface area contributed by atoms with Crippen molar-refractivity contribution in [2.45, 2.75) is 18.3 Å². The van der Waals surface area contributed by atoms with E-state index in [0.717, 1.165) is 5.56 Å². The molecule has 3 rings (SSSR count). The lowest BCUT2D eigenvalue weighted by molar-refractivity contribution is -0.153. The number of thioether (sulfide) groups is 1. The van der Waals surface area contributed by atoms with Gasteiger partial charge in [-0.05, 0) is 24.6 Å². The SMILES string of the molecule is CCOC(=O)[C@@H]1CS[C@H](c2ccc3c(c2)OCO3)N1C(=O)CCl. The number of fused-ring (bicyclic) bond motifs is 1. The molecule has 0 radical (unpaired) electrons. The van der Waals surface area contributed by atoms with Gasteiger partial charge in [-0.1, -0.05) is 6.07 Å². The van der Waals surface area contributed by atoms with Gasteiger partial charge in [0.15, 0.2) is 11.5 Å². The van der Waals surface area contributed by atoms with E-state index in [0.29, 0.717) is 17.3 Å². The maximum Gasteiger partial charge on any atom is 0.329 e. The summed E-state index contributed by atoms with van der Waals surface area (Å²) in [7, 11) is 0. The van der Waals surface area contributed by atoms with Crippen molar-refractivity contribution in [2.75, 3.05) is 25.0 Å². The third-order valence-corrected chi connectivity index (χ3v) is 5.19. The van der Waals surface area contributed by atoms with E-state index in [1.807, 2.05) is 12.1 Å². The lowest BCUT2D eigenvalue weighted by Crippen LogP contribution is -2.44. The molecule has 1 amide bonds. The van der Waals surface area contributed by atoms with Crippen molar-refractivity contribution in [2.24, 2.45) is 0 Å². The Hall–Kier alpha value is -1.60. The van der Waals surface area contributed by atoms with E-state index in [4.69, 9.17) is 25.8 Å². The van der Waals surface area contributed by atoms with Gasteiger partial charge < -0.3 is 19.1 Å². The predicted molar refractivity (Wildman–Crippen MR) is 85.8 cm³/mol. The Labute approximate surface area is 143 Å². The Balaban J connectivity index is 1.88. The van der Waals surface area contributed by atoms with E-state index < -0.39 is 12.0 Å². The Morgan fingerprint density at radius 2 is 2.17 bits per heavy atom. The van der Waals surface area contributed by atoms with Gasteiger partial charge in [0.2, 0.25) is 12.7 Å². The molecular formula is C15H16ClNO5S. The molecule has 0 aliphatic carbocycles. The average molecular weight is 358 g/mol. The second-order valence-corrected chi connectivity index (χ2v) is 6.38. The van der Waals surface area contributed by atoms with Crippen molar-refractivity contribution in [1.29, 1.82) is 0 Å². The van der Waals surface area contributed by atoms with Crippen LogP contribution in [0.25, 0.3) is 0 Å². The van der Waals surface area contributed by atoms with E-state index in [1.165, 1.54) is 16.7 Å². The van der Waals surface area contributed by atoms with Crippen LogP contribution in [0, 0.1) is 0 Å². The smallest absolute Gasteiger partial charge is 0.329 e. The summed E-state index contributed by atoms with van der Waals surface area (Å²) < 4.78 is 15.8. The van der Waals surface area contributed by atoms with Gasteiger partial charge in [0, 0.05) is 5.75 Å². The molecule has 0 unspecified atom stereocenters. The van der Waals surface area contributed by atoms with Crippen LogP contribution in [0.2, 0.25) is 0 Å². The molecule has 0 bridgehead atoms. The summed E-state index contributed by atoms with van der Waals surface area (Å²) in [6.07, 6.45) is 0. The normalized spacial score (nSPS) is 22.3. The molecule has 6 nitrogen and oxygen atoms in total. The average Bonchev–Trinajstić information content (AvgIpc) is 3.20. The highest BCUT2D eigenvalue weighted by molar-refractivity contribution is 7.99. The molecule has 1 fully saturated rings. The first-order chi connectivity index (χ1) is 11.2. The van der Waals surface area contributed by atoms with Crippen molar-refractivity contribution in [3.8, 4) is 11.5 Å². The number of nitrogens with zero attached hydrogens (tertiary/aromatic N) is 1. The predicted octanol–water partition coefficient (Wildman–Crippen LogP) is 2.16. The molecule has 2 aliphatic heterocycles. The molecule has 124 valence electrons. The van der Waals surface area contributed by atoms with E-state index in [2.05, 4.69) is 0 Å². The minimum atomic E-state index is -0.623. The summed E-state index contributed by atoms with van der Waals surface area (Å²) in [5.41, 5.74) is 0.865. The standard InChI is InChI=1S/C15H16ClNO5S/c1-2-20-15(19)10-7-23-14(17(10)13(18)6-16)9-3-4-11-12(5-9)22-8-21-11/h3-5,10,14H,2,6-8H2,1H3/t10-,14+/m0/s1. The number of carbonyl (C=O) groups is 2. The Bertz CT molecular complexity index is 626.